The molecule has 0 bridgehead atoms. The van der Waals surface area contributed by atoms with Gasteiger partial charge in [0, 0.05) is 12.0 Å². The summed E-state index contributed by atoms with van der Waals surface area (Å²) in [6.07, 6.45) is 1.21. The molecule has 0 atom stereocenters. The number of carbonyl (C=O) groups excluding carboxylic acids is 1. The van der Waals surface area contributed by atoms with Crippen LogP contribution < -0.4 is 0 Å². The molecule has 0 saturated heterocycles. The zero-order valence-electron chi connectivity index (χ0n) is 10.9. The lowest BCUT2D eigenvalue weighted by Crippen LogP contribution is -2.36. The van der Waals surface area contributed by atoms with Gasteiger partial charge in [0.25, 0.3) is 0 Å². The van der Waals surface area contributed by atoms with Crippen LogP contribution in [0, 0.1) is 16.7 Å². The van der Waals surface area contributed by atoms with Crippen LogP contribution >= 0.6 is 0 Å². The maximum atomic E-state index is 11.0. The van der Waals surface area contributed by atoms with Gasteiger partial charge in [0.1, 0.15) is 0 Å². The third-order valence-electron chi connectivity index (χ3n) is 2.65. The van der Waals surface area contributed by atoms with Gasteiger partial charge in [0.2, 0.25) is 0 Å². The monoisotopic (exact) mass is 212 g/mol. The summed E-state index contributed by atoms with van der Waals surface area (Å²) in [6.45, 7) is 16.9. The maximum absolute atomic E-state index is 11.0. The van der Waals surface area contributed by atoms with Crippen molar-refractivity contribution in [3.63, 3.8) is 0 Å². The fourth-order valence-electron chi connectivity index (χ4n) is 2.02. The third kappa shape index (κ3) is 5.01. The molecule has 0 aliphatic heterocycles. The van der Waals surface area contributed by atoms with E-state index in [2.05, 4.69) is 48.1 Å². The standard InChI is InChI=1S/C13H24O2/c1-8-11(14)15-9-10(12(2,3)4)13(5,6)7/h8,10H,1,9H2,2-7H3. The number of ether oxygens (including phenoxy) is 1. The van der Waals surface area contributed by atoms with E-state index in [1.54, 1.807) is 0 Å². The van der Waals surface area contributed by atoms with Crippen LogP contribution in [-0.4, -0.2) is 12.6 Å². The van der Waals surface area contributed by atoms with Crippen molar-refractivity contribution in [2.45, 2.75) is 41.5 Å². The molecule has 0 spiro atoms. The molecule has 0 saturated carbocycles. The SMILES string of the molecule is C=CC(=O)OCC(C(C)(C)C)C(C)(C)C. The molecular weight excluding hydrogens is 188 g/mol. The lowest BCUT2D eigenvalue weighted by molar-refractivity contribution is -0.142. The molecule has 0 N–H and O–H groups in total. The smallest absolute Gasteiger partial charge is 0.330 e. The predicted molar refractivity (Wildman–Crippen MR) is 63.6 cm³/mol. The Hall–Kier alpha value is -0.790. The molecule has 0 aromatic carbocycles. The minimum atomic E-state index is -0.339. The topological polar surface area (TPSA) is 26.3 Å². The Morgan fingerprint density at radius 3 is 1.87 bits per heavy atom. The number of hydrogen-bond donors (Lipinski definition) is 0. The molecule has 0 amide bonds. The first-order chi connectivity index (χ1) is 6.59. The van der Waals surface area contributed by atoms with Crippen molar-refractivity contribution in [3.05, 3.63) is 12.7 Å². The Bertz CT molecular complexity index is 214. The van der Waals surface area contributed by atoms with Crippen LogP contribution in [0.25, 0.3) is 0 Å². The average Bonchev–Trinajstić information content (AvgIpc) is 1.99. The van der Waals surface area contributed by atoms with E-state index in [1.165, 1.54) is 6.08 Å². The Morgan fingerprint density at radius 1 is 1.20 bits per heavy atom. The van der Waals surface area contributed by atoms with Gasteiger partial charge in [-0.2, -0.15) is 0 Å². The maximum Gasteiger partial charge on any atom is 0.330 e. The van der Waals surface area contributed by atoms with E-state index in [4.69, 9.17) is 4.74 Å². The Morgan fingerprint density at radius 2 is 1.60 bits per heavy atom. The van der Waals surface area contributed by atoms with Crippen LogP contribution in [0.4, 0.5) is 0 Å². The van der Waals surface area contributed by atoms with Crippen LogP contribution in [0.15, 0.2) is 12.7 Å². The number of rotatable bonds is 3. The number of carbonyl (C=O) groups is 1. The van der Waals surface area contributed by atoms with E-state index in [9.17, 15) is 4.79 Å². The van der Waals surface area contributed by atoms with Crippen LogP contribution in [-0.2, 0) is 9.53 Å². The Kier molecular flexibility index (Phi) is 4.57. The second-order valence-electron chi connectivity index (χ2n) is 6.12. The average molecular weight is 212 g/mol. The van der Waals surface area contributed by atoms with E-state index in [-0.39, 0.29) is 16.8 Å². The minimum absolute atomic E-state index is 0.125. The second-order valence-corrected chi connectivity index (χ2v) is 6.12. The summed E-state index contributed by atoms with van der Waals surface area (Å²) in [6, 6.07) is 0. The molecule has 0 aliphatic carbocycles. The van der Waals surface area contributed by atoms with Crippen LogP contribution in [0.1, 0.15) is 41.5 Å². The van der Waals surface area contributed by atoms with Gasteiger partial charge in [-0.1, -0.05) is 48.1 Å². The van der Waals surface area contributed by atoms with Gasteiger partial charge in [-0.15, -0.1) is 0 Å². The van der Waals surface area contributed by atoms with E-state index in [1.807, 2.05) is 0 Å². The van der Waals surface area contributed by atoms with E-state index in [0.717, 1.165) is 0 Å². The Labute approximate surface area is 93.7 Å². The molecule has 0 heterocycles. The highest BCUT2D eigenvalue weighted by molar-refractivity contribution is 5.81. The fraction of sp³-hybridized carbons (Fsp3) is 0.769. The number of hydrogen-bond acceptors (Lipinski definition) is 2. The molecule has 0 aromatic rings. The van der Waals surface area contributed by atoms with Gasteiger partial charge in [0.15, 0.2) is 0 Å². The molecule has 0 rings (SSSR count). The molecule has 88 valence electrons. The first kappa shape index (κ1) is 14.2. The van der Waals surface area contributed by atoms with Gasteiger partial charge < -0.3 is 4.74 Å². The summed E-state index contributed by atoms with van der Waals surface area (Å²) >= 11 is 0. The summed E-state index contributed by atoms with van der Waals surface area (Å²) in [7, 11) is 0. The molecule has 0 fully saturated rings. The van der Waals surface area contributed by atoms with E-state index in [0.29, 0.717) is 12.5 Å². The van der Waals surface area contributed by atoms with Crippen molar-refractivity contribution in [3.8, 4) is 0 Å². The molecule has 0 aliphatic rings. The van der Waals surface area contributed by atoms with Gasteiger partial charge >= 0.3 is 5.97 Å². The quantitative estimate of drug-likeness (QED) is 0.529. The first-order valence-electron chi connectivity index (χ1n) is 5.38. The minimum Gasteiger partial charge on any atom is -0.462 e. The highest BCUT2D eigenvalue weighted by Gasteiger charge is 2.35. The molecule has 0 aromatic heterocycles. The summed E-state index contributed by atoms with van der Waals surface area (Å²) in [4.78, 5) is 11.0. The van der Waals surface area contributed by atoms with Crippen molar-refractivity contribution in [2.75, 3.05) is 6.61 Å². The van der Waals surface area contributed by atoms with Crippen molar-refractivity contribution in [1.82, 2.24) is 0 Å². The third-order valence-corrected chi connectivity index (χ3v) is 2.65. The lowest BCUT2D eigenvalue weighted by Gasteiger charge is -2.40. The van der Waals surface area contributed by atoms with Crippen LogP contribution in [0.5, 0.6) is 0 Å². The number of esters is 1. The van der Waals surface area contributed by atoms with E-state index < -0.39 is 0 Å². The van der Waals surface area contributed by atoms with Gasteiger partial charge in [-0.3, -0.25) is 0 Å². The first-order valence-corrected chi connectivity index (χ1v) is 5.38. The molecule has 15 heavy (non-hydrogen) atoms. The highest BCUT2D eigenvalue weighted by Crippen LogP contribution is 2.39. The summed E-state index contributed by atoms with van der Waals surface area (Å²) < 4.78 is 5.15. The zero-order chi connectivity index (χ0) is 12.3. The Balaban J connectivity index is 4.55. The summed E-state index contributed by atoms with van der Waals surface area (Å²) in [5.74, 6) is -0.0117. The van der Waals surface area contributed by atoms with E-state index >= 15 is 0 Å². The normalized spacial score (nSPS) is 12.7. The molecule has 2 nitrogen and oxygen atoms in total. The van der Waals surface area contributed by atoms with Crippen LogP contribution in [0.3, 0.4) is 0 Å². The molecular formula is C13H24O2. The van der Waals surface area contributed by atoms with Crippen LogP contribution in [0.2, 0.25) is 0 Å². The molecule has 0 unspecified atom stereocenters. The van der Waals surface area contributed by atoms with Crippen molar-refractivity contribution in [2.24, 2.45) is 16.7 Å². The largest absolute Gasteiger partial charge is 0.462 e. The summed E-state index contributed by atoms with van der Waals surface area (Å²) in [5.41, 5.74) is 0.249. The van der Waals surface area contributed by atoms with Gasteiger partial charge in [-0.05, 0) is 10.8 Å². The lowest BCUT2D eigenvalue weighted by atomic mass is 9.67. The van der Waals surface area contributed by atoms with Gasteiger partial charge in [0.05, 0.1) is 6.61 Å². The van der Waals surface area contributed by atoms with Gasteiger partial charge in [-0.25, -0.2) is 4.79 Å². The zero-order valence-corrected chi connectivity index (χ0v) is 10.9. The molecule has 0 radical (unpaired) electrons. The van der Waals surface area contributed by atoms with Crippen molar-refractivity contribution in [1.29, 1.82) is 0 Å². The predicted octanol–water partition coefficient (Wildman–Crippen LogP) is 3.42. The van der Waals surface area contributed by atoms with Crippen molar-refractivity contribution < 1.29 is 9.53 Å². The molecule has 2 heteroatoms. The van der Waals surface area contributed by atoms with Crippen molar-refractivity contribution >= 4 is 5.97 Å². The fourth-order valence-corrected chi connectivity index (χ4v) is 2.02. The summed E-state index contributed by atoms with van der Waals surface area (Å²) in [5, 5.41) is 0. The highest BCUT2D eigenvalue weighted by atomic mass is 16.5. The second kappa shape index (κ2) is 4.82.